The highest BCUT2D eigenvalue weighted by atomic mass is 32.2. The van der Waals surface area contributed by atoms with E-state index in [9.17, 15) is 8.42 Å². The number of anilines is 3. The van der Waals surface area contributed by atoms with Gasteiger partial charge in [-0.05, 0) is 56.7 Å². The van der Waals surface area contributed by atoms with Crippen molar-refractivity contribution in [1.82, 2.24) is 15.0 Å². The number of hydrogen-bond acceptors (Lipinski definition) is 6. The van der Waals surface area contributed by atoms with Gasteiger partial charge in [0.15, 0.2) is 5.82 Å². The monoisotopic (exact) mass is 411 g/mol. The molecule has 0 amide bonds. The number of pyridine rings is 1. The minimum atomic E-state index is -3.31. The summed E-state index contributed by atoms with van der Waals surface area (Å²) in [7, 11) is -3.31. The summed E-state index contributed by atoms with van der Waals surface area (Å²) in [4.78, 5) is 13.3. The Labute approximate surface area is 171 Å². The highest BCUT2D eigenvalue weighted by Gasteiger charge is 2.12. The second-order valence-corrected chi connectivity index (χ2v) is 8.66. The second-order valence-electron chi connectivity index (χ2n) is 6.82. The summed E-state index contributed by atoms with van der Waals surface area (Å²) in [5, 5.41) is 3.30. The minimum Gasteiger partial charge on any atom is -0.340 e. The zero-order valence-electron chi connectivity index (χ0n) is 16.8. The molecule has 0 aliphatic heterocycles. The van der Waals surface area contributed by atoms with Gasteiger partial charge in [-0.2, -0.15) is 0 Å². The SMILES string of the molecule is CCCCS(=O)(=O)Nc1ccc(Nc2nc(-c3ccncc3)nc(C)c2C)cc1. The molecule has 152 valence electrons. The molecule has 0 aliphatic carbocycles. The fourth-order valence-corrected chi connectivity index (χ4v) is 3.97. The maximum Gasteiger partial charge on any atom is 0.232 e. The molecule has 0 radical (unpaired) electrons. The average molecular weight is 412 g/mol. The first-order valence-electron chi connectivity index (χ1n) is 9.51. The van der Waals surface area contributed by atoms with Gasteiger partial charge in [0, 0.05) is 40.6 Å². The Hall–Kier alpha value is -3.00. The molecule has 0 spiro atoms. The summed E-state index contributed by atoms with van der Waals surface area (Å²) in [6, 6.07) is 10.8. The van der Waals surface area contributed by atoms with E-state index in [2.05, 4.69) is 25.0 Å². The first kappa shape index (κ1) is 20.7. The van der Waals surface area contributed by atoms with E-state index in [4.69, 9.17) is 0 Å². The first-order valence-corrected chi connectivity index (χ1v) is 11.2. The highest BCUT2D eigenvalue weighted by Crippen LogP contribution is 2.25. The Morgan fingerprint density at radius 1 is 0.931 bits per heavy atom. The highest BCUT2D eigenvalue weighted by molar-refractivity contribution is 7.92. The van der Waals surface area contributed by atoms with Crippen molar-refractivity contribution in [2.45, 2.75) is 33.6 Å². The van der Waals surface area contributed by atoms with Crippen LogP contribution >= 0.6 is 0 Å². The molecule has 2 N–H and O–H groups in total. The number of sulfonamides is 1. The topological polar surface area (TPSA) is 96.9 Å². The van der Waals surface area contributed by atoms with Crippen LogP contribution in [0.5, 0.6) is 0 Å². The molecule has 0 aliphatic rings. The summed E-state index contributed by atoms with van der Waals surface area (Å²) in [5.74, 6) is 1.46. The van der Waals surface area contributed by atoms with Crippen LogP contribution in [0.3, 0.4) is 0 Å². The van der Waals surface area contributed by atoms with Crippen molar-refractivity contribution in [2.24, 2.45) is 0 Å². The van der Waals surface area contributed by atoms with Crippen molar-refractivity contribution in [1.29, 1.82) is 0 Å². The average Bonchev–Trinajstić information content (AvgIpc) is 2.71. The molecule has 0 saturated heterocycles. The van der Waals surface area contributed by atoms with E-state index in [0.717, 1.165) is 28.9 Å². The number of aryl methyl sites for hydroxylation is 1. The van der Waals surface area contributed by atoms with Crippen LogP contribution in [0.1, 0.15) is 31.0 Å². The van der Waals surface area contributed by atoms with Gasteiger partial charge in [-0.1, -0.05) is 13.3 Å². The Morgan fingerprint density at radius 3 is 2.24 bits per heavy atom. The normalized spacial score (nSPS) is 11.3. The first-order chi connectivity index (χ1) is 13.9. The van der Waals surface area contributed by atoms with E-state index >= 15 is 0 Å². The van der Waals surface area contributed by atoms with Crippen LogP contribution in [-0.2, 0) is 10.0 Å². The van der Waals surface area contributed by atoms with Crippen LogP contribution < -0.4 is 10.0 Å². The summed E-state index contributed by atoms with van der Waals surface area (Å²) in [5.41, 5.74) is 4.08. The summed E-state index contributed by atoms with van der Waals surface area (Å²) in [6.07, 6.45) is 4.90. The molecular formula is C21H25N5O2S. The maximum atomic E-state index is 12.0. The Bertz CT molecular complexity index is 1070. The lowest BCUT2D eigenvalue weighted by atomic mass is 10.2. The summed E-state index contributed by atoms with van der Waals surface area (Å²) in [6.45, 7) is 5.87. The van der Waals surface area contributed by atoms with Crippen molar-refractivity contribution in [3.8, 4) is 11.4 Å². The molecule has 7 nitrogen and oxygen atoms in total. The number of unbranched alkanes of at least 4 members (excludes halogenated alkanes) is 1. The van der Waals surface area contributed by atoms with E-state index in [1.54, 1.807) is 24.5 Å². The Kier molecular flexibility index (Phi) is 6.43. The zero-order chi connectivity index (χ0) is 20.9. The minimum absolute atomic E-state index is 0.126. The summed E-state index contributed by atoms with van der Waals surface area (Å²) >= 11 is 0. The smallest absolute Gasteiger partial charge is 0.232 e. The van der Waals surface area contributed by atoms with Gasteiger partial charge in [-0.15, -0.1) is 0 Å². The predicted octanol–water partition coefficient (Wildman–Crippen LogP) is 4.44. The van der Waals surface area contributed by atoms with Crippen molar-refractivity contribution in [3.05, 3.63) is 60.0 Å². The number of nitrogens with zero attached hydrogens (tertiary/aromatic N) is 3. The molecule has 0 bridgehead atoms. The van der Waals surface area contributed by atoms with Gasteiger partial charge >= 0.3 is 0 Å². The standard InChI is InChI=1S/C21H25N5O2S/c1-4-5-14-29(27,28)26-19-8-6-18(7-9-19)24-20-15(2)16(3)23-21(25-20)17-10-12-22-13-11-17/h6-13,26H,4-5,14H2,1-3H3,(H,23,24,25). The van der Waals surface area contributed by atoms with Crippen molar-refractivity contribution >= 4 is 27.2 Å². The van der Waals surface area contributed by atoms with Crippen molar-refractivity contribution < 1.29 is 8.42 Å². The van der Waals surface area contributed by atoms with E-state index in [0.29, 0.717) is 23.8 Å². The molecule has 29 heavy (non-hydrogen) atoms. The largest absolute Gasteiger partial charge is 0.340 e. The fraction of sp³-hybridized carbons (Fsp3) is 0.286. The van der Waals surface area contributed by atoms with Gasteiger partial charge in [0.25, 0.3) is 0 Å². The van der Waals surface area contributed by atoms with Crippen LogP contribution in [0.2, 0.25) is 0 Å². The Balaban J connectivity index is 1.79. The third kappa shape index (κ3) is 5.51. The van der Waals surface area contributed by atoms with Crippen LogP contribution in [0.4, 0.5) is 17.2 Å². The maximum absolute atomic E-state index is 12.0. The molecule has 0 unspecified atom stereocenters. The van der Waals surface area contributed by atoms with Gasteiger partial charge in [0.05, 0.1) is 5.75 Å². The molecule has 2 heterocycles. The molecule has 2 aromatic heterocycles. The van der Waals surface area contributed by atoms with E-state index in [-0.39, 0.29) is 5.75 Å². The van der Waals surface area contributed by atoms with E-state index in [1.165, 1.54) is 0 Å². The molecule has 8 heteroatoms. The van der Waals surface area contributed by atoms with Crippen LogP contribution in [0.25, 0.3) is 11.4 Å². The molecule has 3 rings (SSSR count). The lowest BCUT2D eigenvalue weighted by Crippen LogP contribution is -2.16. The van der Waals surface area contributed by atoms with Crippen LogP contribution in [0.15, 0.2) is 48.8 Å². The quantitative estimate of drug-likeness (QED) is 0.569. The van der Waals surface area contributed by atoms with Gasteiger partial charge in [0.1, 0.15) is 5.82 Å². The molecule has 0 fully saturated rings. The molecular weight excluding hydrogens is 386 g/mol. The molecule has 1 aromatic carbocycles. The van der Waals surface area contributed by atoms with Gasteiger partial charge in [-0.3, -0.25) is 9.71 Å². The molecule has 0 saturated carbocycles. The van der Waals surface area contributed by atoms with Gasteiger partial charge in [0.2, 0.25) is 10.0 Å². The molecule has 3 aromatic rings. The van der Waals surface area contributed by atoms with Crippen molar-refractivity contribution in [2.75, 3.05) is 15.8 Å². The van der Waals surface area contributed by atoms with Gasteiger partial charge in [-0.25, -0.2) is 18.4 Å². The lowest BCUT2D eigenvalue weighted by Gasteiger charge is -2.13. The summed E-state index contributed by atoms with van der Waals surface area (Å²) < 4.78 is 26.7. The number of nitrogens with one attached hydrogen (secondary N) is 2. The predicted molar refractivity (Wildman–Crippen MR) is 117 cm³/mol. The third-order valence-electron chi connectivity index (χ3n) is 4.52. The zero-order valence-corrected chi connectivity index (χ0v) is 17.6. The van der Waals surface area contributed by atoms with E-state index < -0.39 is 10.0 Å². The number of rotatable bonds is 8. The number of benzene rings is 1. The third-order valence-corrected chi connectivity index (χ3v) is 5.89. The fourth-order valence-electron chi connectivity index (χ4n) is 2.70. The van der Waals surface area contributed by atoms with Gasteiger partial charge < -0.3 is 5.32 Å². The number of aromatic nitrogens is 3. The van der Waals surface area contributed by atoms with Crippen molar-refractivity contribution in [3.63, 3.8) is 0 Å². The van der Waals surface area contributed by atoms with E-state index in [1.807, 2.05) is 45.0 Å². The second kappa shape index (κ2) is 9.00. The van der Waals surface area contributed by atoms with Crippen LogP contribution in [0, 0.1) is 13.8 Å². The van der Waals surface area contributed by atoms with Crippen LogP contribution in [-0.4, -0.2) is 29.1 Å². The Morgan fingerprint density at radius 2 is 1.59 bits per heavy atom. The number of hydrogen-bond donors (Lipinski definition) is 2. The molecule has 0 atom stereocenters. The lowest BCUT2D eigenvalue weighted by molar-refractivity contribution is 0.598.